The maximum atomic E-state index is 12.6. The van der Waals surface area contributed by atoms with Gasteiger partial charge in [0.15, 0.2) is 5.82 Å². The van der Waals surface area contributed by atoms with Gasteiger partial charge in [0.05, 0.1) is 13.2 Å². The zero-order chi connectivity index (χ0) is 27.0. The van der Waals surface area contributed by atoms with Crippen LogP contribution in [-0.4, -0.2) is 86.0 Å². The lowest BCUT2D eigenvalue weighted by atomic mass is 9.99. The van der Waals surface area contributed by atoms with Crippen LogP contribution >= 0.6 is 0 Å². The molecule has 1 aliphatic carbocycles. The Kier molecular flexibility index (Phi) is 9.28. The second-order valence-corrected chi connectivity index (χ2v) is 10.5. The molecule has 0 radical (unpaired) electrons. The number of nitrogens with one attached hydrogen (secondary N) is 2. The van der Waals surface area contributed by atoms with Crippen molar-refractivity contribution in [2.24, 2.45) is 11.7 Å². The molecule has 10 nitrogen and oxygen atoms in total. The van der Waals surface area contributed by atoms with Gasteiger partial charge >= 0.3 is 0 Å². The first-order valence-corrected chi connectivity index (χ1v) is 14.1. The third-order valence-corrected chi connectivity index (χ3v) is 7.48. The molecular weight excluding hydrogens is 496 g/mol. The van der Waals surface area contributed by atoms with Crippen molar-refractivity contribution >= 4 is 17.3 Å². The number of aromatic nitrogens is 2. The summed E-state index contributed by atoms with van der Waals surface area (Å²) < 4.78 is 17.1. The molecule has 1 aromatic carbocycles. The second-order valence-electron chi connectivity index (χ2n) is 10.5. The normalized spacial score (nSPS) is 19.1. The molecule has 0 spiro atoms. The maximum absolute atomic E-state index is 12.6. The Bertz CT molecular complexity index is 1160. The summed E-state index contributed by atoms with van der Waals surface area (Å²) in [6.07, 6.45) is 5.68. The van der Waals surface area contributed by atoms with E-state index in [-0.39, 0.29) is 5.91 Å². The van der Waals surface area contributed by atoms with Crippen LogP contribution in [-0.2, 0) is 9.47 Å². The molecule has 10 heteroatoms. The topological polar surface area (TPSA) is 124 Å². The highest BCUT2D eigenvalue weighted by atomic mass is 16.5. The van der Waals surface area contributed by atoms with Gasteiger partial charge in [-0.15, -0.1) is 0 Å². The van der Waals surface area contributed by atoms with Crippen LogP contribution in [0.1, 0.15) is 53.0 Å². The van der Waals surface area contributed by atoms with Crippen molar-refractivity contribution in [2.45, 2.75) is 38.6 Å². The highest BCUT2D eigenvalue weighted by molar-refractivity contribution is 5.96. The average molecular weight is 537 g/mol. The third-order valence-electron chi connectivity index (χ3n) is 7.48. The minimum absolute atomic E-state index is 0.0358. The summed E-state index contributed by atoms with van der Waals surface area (Å²) in [4.78, 5) is 24.5. The molecule has 0 atom stereocenters. The molecule has 2 saturated heterocycles. The highest BCUT2D eigenvalue weighted by Crippen LogP contribution is 2.27. The van der Waals surface area contributed by atoms with Crippen molar-refractivity contribution in [3.63, 3.8) is 0 Å². The number of nitrogens with zero attached hydrogens (tertiary/aromatic N) is 3. The summed E-state index contributed by atoms with van der Waals surface area (Å²) in [5.74, 6) is 2.17. The minimum atomic E-state index is -0.0358. The van der Waals surface area contributed by atoms with E-state index in [9.17, 15) is 4.79 Å². The first-order chi connectivity index (χ1) is 19.1. The largest absolute Gasteiger partial charge is 0.476 e. The lowest BCUT2D eigenvalue weighted by Crippen LogP contribution is -2.38. The van der Waals surface area contributed by atoms with E-state index in [4.69, 9.17) is 29.9 Å². The molecule has 5 rings (SSSR count). The minimum Gasteiger partial charge on any atom is -0.476 e. The van der Waals surface area contributed by atoms with Crippen molar-refractivity contribution in [1.29, 1.82) is 0 Å². The average Bonchev–Trinajstić information content (AvgIpc) is 3.77. The fraction of sp³-hybridized carbons (Fsp3) is 0.552. The summed E-state index contributed by atoms with van der Waals surface area (Å²) in [7, 11) is 0. The lowest BCUT2D eigenvalue weighted by Gasteiger charge is -2.26. The Morgan fingerprint density at radius 1 is 1.10 bits per heavy atom. The number of hydrogen-bond donors (Lipinski definition) is 3. The quantitative estimate of drug-likeness (QED) is 0.397. The van der Waals surface area contributed by atoms with Gasteiger partial charge < -0.3 is 30.6 Å². The van der Waals surface area contributed by atoms with Crippen LogP contribution in [0.3, 0.4) is 0 Å². The van der Waals surface area contributed by atoms with Gasteiger partial charge in [0, 0.05) is 68.8 Å². The lowest BCUT2D eigenvalue weighted by molar-refractivity contribution is 0.0320. The van der Waals surface area contributed by atoms with Crippen LogP contribution in [0.4, 0.5) is 5.82 Å². The third kappa shape index (κ3) is 7.68. The summed E-state index contributed by atoms with van der Waals surface area (Å²) in [5.41, 5.74) is 9.20. The zero-order valence-corrected chi connectivity index (χ0v) is 22.8. The number of carbonyl (C=O) groups is 1. The van der Waals surface area contributed by atoms with Gasteiger partial charge in [-0.2, -0.15) is 4.98 Å². The molecule has 2 aliphatic heterocycles. The number of morpholine rings is 1. The predicted molar refractivity (Wildman–Crippen MR) is 150 cm³/mol. The molecule has 3 fully saturated rings. The van der Waals surface area contributed by atoms with E-state index in [0.717, 1.165) is 89.4 Å². The van der Waals surface area contributed by atoms with E-state index >= 15 is 0 Å². The number of benzene rings is 1. The van der Waals surface area contributed by atoms with Crippen molar-refractivity contribution < 1.29 is 19.0 Å². The van der Waals surface area contributed by atoms with Crippen molar-refractivity contribution in [3.8, 4) is 5.88 Å². The molecule has 1 amide bonds. The Balaban J connectivity index is 1.34. The van der Waals surface area contributed by atoms with Gasteiger partial charge in [-0.3, -0.25) is 9.69 Å². The molecule has 1 aromatic heterocycles. The Hall–Kier alpha value is -3.21. The Labute approximate surface area is 230 Å². The molecule has 2 aromatic rings. The van der Waals surface area contributed by atoms with Crippen LogP contribution in [0.15, 0.2) is 30.5 Å². The van der Waals surface area contributed by atoms with Crippen LogP contribution in [0.25, 0.3) is 5.57 Å². The number of hydrogen-bond acceptors (Lipinski definition) is 9. The number of nitrogens with two attached hydrogens (primary N) is 1. The van der Waals surface area contributed by atoms with E-state index in [1.165, 1.54) is 6.20 Å². The fourth-order valence-electron chi connectivity index (χ4n) is 4.89. The number of carbonyl (C=O) groups excluding carboxylic acids is 1. The standard InChI is InChI=1S/C29H40N6O4/c1-20-16-22(2-5-24(20)29(36)32-23-3-4-23)25(18-30)28-33-26(31-19-21-6-11-37-12-7-21)17-27(34-28)39-15-10-35-8-13-38-14-9-35/h2,5,16-18,21,23H,3-4,6-15,19,30H2,1H3,(H,32,36)(H,31,33,34). The Morgan fingerprint density at radius 3 is 2.59 bits per heavy atom. The van der Waals surface area contributed by atoms with E-state index in [0.29, 0.717) is 47.2 Å². The number of rotatable bonds is 11. The second kappa shape index (κ2) is 13.2. The first kappa shape index (κ1) is 27.4. The smallest absolute Gasteiger partial charge is 0.251 e. The van der Waals surface area contributed by atoms with E-state index in [1.54, 1.807) is 0 Å². The molecule has 39 heavy (non-hydrogen) atoms. The Morgan fingerprint density at radius 2 is 1.87 bits per heavy atom. The zero-order valence-electron chi connectivity index (χ0n) is 22.8. The van der Waals surface area contributed by atoms with Crippen LogP contribution < -0.4 is 21.1 Å². The number of aryl methyl sites for hydroxylation is 1. The highest BCUT2D eigenvalue weighted by Gasteiger charge is 2.25. The van der Waals surface area contributed by atoms with Crippen molar-refractivity contribution in [2.75, 3.05) is 64.5 Å². The molecule has 0 bridgehead atoms. The maximum Gasteiger partial charge on any atom is 0.251 e. The van der Waals surface area contributed by atoms with Crippen LogP contribution in [0.2, 0.25) is 0 Å². The van der Waals surface area contributed by atoms with Gasteiger partial charge in [0.25, 0.3) is 5.91 Å². The predicted octanol–water partition coefficient (Wildman–Crippen LogP) is 2.57. The van der Waals surface area contributed by atoms with E-state index < -0.39 is 0 Å². The number of ether oxygens (including phenoxy) is 3. The molecule has 3 heterocycles. The van der Waals surface area contributed by atoms with E-state index in [2.05, 4.69) is 15.5 Å². The van der Waals surface area contributed by atoms with Crippen LogP contribution in [0.5, 0.6) is 5.88 Å². The van der Waals surface area contributed by atoms with Gasteiger partial charge in [-0.1, -0.05) is 12.1 Å². The molecule has 4 N–H and O–H groups in total. The summed E-state index contributed by atoms with van der Waals surface area (Å²) in [6.45, 7) is 8.97. The molecule has 1 saturated carbocycles. The monoisotopic (exact) mass is 536 g/mol. The van der Waals surface area contributed by atoms with Gasteiger partial charge in [0.1, 0.15) is 12.4 Å². The SMILES string of the molecule is Cc1cc(C(=CN)c2nc(NCC3CCOCC3)cc(OCCN3CCOCC3)n2)ccc1C(=O)NC1CC1. The molecule has 210 valence electrons. The first-order valence-electron chi connectivity index (χ1n) is 14.1. The molecule has 3 aliphatic rings. The van der Waals surface area contributed by atoms with Gasteiger partial charge in [-0.25, -0.2) is 4.98 Å². The molecule has 0 unspecified atom stereocenters. The number of amides is 1. The number of anilines is 1. The summed E-state index contributed by atoms with van der Waals surface area (Å²) in [6, 6.07) is 7.87. The summed E-state index contributed by atoms with van der Waals surface area (Å²) >= 11 is 0. The summed E-state index contributed by atoms with van der Waals surface area (Å²) in [5, 5.41) is 6.55. The van der Waals surface area contributed by atoms with Crippen molar-refractivity contribution in [3.05, 3.63) is 53.0 Å². The van der Waals surface area contributed by atoms with Gasteiger partial charge in [0.2, 0.25) is 5.88 Å². The van der Waals surface area contributed by atoms with E-state index in [1.807, 2.05) is 31.2 Å². The fourth-order valence-corrected chi connectivity index (χ4v) is 4.89. The molecular formula is C29H40N6O4. The van der Waals surface area contributed by atoms with Crippen LogP contribution in [0, 0.1) is 12.8 Å². The van der Waals surface area contributed by atoms with Gasteiger partial charge in [-0.05, 0) is 55.7 Å². The van der Waals surface area contributed by atoms with Crippen molar-refractivity contribution in [1.82, 2.24) is 20.2 Å².